The molecule has 0 aliphatic heterocycles. The van der Waals surface area contributed by atoms with Crippen molar-refractivity contribution in [1.29, 1.82) is 0 Å². The van der Waals surface area contributed by atoms with Gasteiger partial charge in [0.15, 0.2) is 11.6 Å². The lowest BCUT2D eigenvalue weighted by Gasteiger charge is -2.06. The van der Waals surface area contributed by atoms with Crippen molar-refractivity contribution < 1.29 is 9.13 Å². The van der Waals surface area contributed by atoms with Gasteiger partial charge >= 0.3 is 0 Å². The topological polar surface area (TPSA) is 66.0 Å². The molecule has 2 aromatic rings. The van der Waals surface area contributed by atoms with Crippen LogP contribution in [-0.4, -0.2) is 21.5 Å². The second-order valence-electron chi connectivity index (χ2n) is 3.98. The Labute approximate surface area is 104 Å². The van der Waals surface area contributed by atoms with Gasteiger partial charge in [-0.1, -0.05) is 11.3 Å². The first-order chi connectivity index (χ1) is 8.69. The molecule has 6 heteroatoms. The van der Waals surface area contributed by atoms with E-state index in [4.69, 9.17) is 10.5 Å². The zero-order valence-electron chi connectivity index (χ0n) is 10.1. The van der Waals surface area contributed by atoms with Crippen LogP contribution in [0.1, 0.15) is 11.3 Å². The van der Waals surface area contributed by atoms with Crippen molar-refractivity contribution in [3.05, 3.63) is 41.5 Å². The standard InChI is InChI=1S/C12H15FN4O/c1-17-7-10(15-16-17)8-18-12-3-2-9(4-5-14)6-11(12)13/h2-3,6-7H,4-5,8,14H2,1H3. The molecule has 1 aromatic carbocycles. The minimum absolute atomic E-state index is 0.195. The van der Waals surface area contributed by atoms with E-state index in [0.29, 0.717) is 18.7 Å². The highest BCUT2D eigenvalue weighted by Crippen LogP contribution is 2.19. The lowest BCUT2D eigenvalue weighted by molar-refractivity contribution is 0.285. The second kappa shape index (κ2) is 5.59. The van der Waals surface area contributed by atoms with Gasteiger partial charge in [0.2, 0.25) is 0 Å². The largest absolute Gasteiger partial charge is 0.484 e. The van der Waals surface area contributed by atoms with Crippen molar-refractivity contribution in [3.8, 4) is 5.75 Å². The summed E-state index contributed by atoms with van der Waals surface area (Å²) in [4.78, 5) is 0. The van der Waals surface area contributed by atoms with Crippen LogP contribution in [0.25, 0.3) is 0 Å². The summed E-state index contributed by atoms with van der Waals surface area (Å²) in [6.07, 6.45) is 2.38. The molecule has 1 heterocycles. The SMILES string of the molecule is Cn1cc(COc2ccc(CCN)cc2F)nn1. The third-order valence-electron chi connectivity index (χ3n) is 2.45. The number of aromatic nitrogens is 3. The molecule has 0 amide bonds. The summed E-state index contributed by atoms with van der Waals surface area (Å²) in [5.74, 6) is -0.175. The Morgan fingerprint density at radius 3 is 2.89 bits per heavy atom. The summed E-state index contributed by atoms with van der Waals surface area (Å²) in [5.41, 5.74) is 6.93. The lowest BCUT2D eigenvalue weighted by Crippen LogP contribution is -2.03. The molecule has 96 valence electrons. The number of ether oxygens (including phenoxy) is 1. The van der Waals surface area contributed by atoms with Crippen molar-refractivity contribution in [3.63, 3.8) is 0 Å². The van der Waals surface area contributed by atoms with Crippen LogP contribution in [-0.2, 0) is 20.1 Å². The molecule has 5 nitrogen and oxygen atoms in total. The smallest absolute Gasteiger partial charge is 0.165 e. The third kappa shape index (κ3) is 3.04. The molecule has 0 unspecified atom stereocenters. The maximum absolute atomic E-state index is 13.7. The van der Waals surface area contributed by atoms with E-state index in [1.165, 1.54) is 6.07 Å². The number of nitrogens with zero attached hydrogens (tertiary/aromatic N) is 3. The molecule has 0 bridgehead atoms. The quantitative estimate of drug-likeness (QED) is 0.861. The highest BCUT2D eigenvalue weighted by Gasteiger charge is 2.06. The molecule has 0 radical (unpaired) electrons. The summed E-state index contributed by atoms with van der Waals surface area (Å²) in [5, 5.41) is 7.63. The Morgan fingerprint density at radius 1 is 1.44 bits per heavy atom. The minimum atomic E-state index is -0.384. The van der Waals surface area contributed by atoms with Crippen LogP contribution < -0.4 is 10.5 Å². The molecule has 2 N–H and O–H groups in total. The summed E-state index contributed by atoms with van der Waals surface area (Å²) in [6, 6.07) is 4.86. The number of hydrogen-bond acceptors (Lipinski definition) is 4. The van der Waals surface area contributed by atoms with Crippen molar-refractivity contribution >= 4 is 0 Å². The van der Waals surface area contributed by atoms with E-state index in [-0.39, 0.29) is 18.2 Å². The van der Waals surface area contributed by atoms with Crippen LogP contribution in [0.2, 0.25) is 0 Å². The predicted octanol–water partition coefficient (Wildman–Crippen LogP) is 1.03. The van der Waals surface area contributed by atoms with Crippen molar-refractivity contribution in [1.82, 2.24) is 15.0 Å². The van der Waals surface area contributed by atoms with Crippen molar-refractivity contribution in [2.45, 2.75) is 13.0 Å². The molecule has 2 rings (SSSR count). The Kier molecular flexibility index (Phi) is 3.88. The van der Waals surface area contributed by atoms with Crippen molar-refractivity contribution in [2.24, 2.45) is 12.8 Å². The second-order valence-corrected chi connectivity index (χ2v) is 3.98. The molecular weight excluding hydrogens is 235 g/mol. The van der Waals surface area contributed by atoms with Gasteiger partial charge in [0, 0.05) is 7.05 Å². The highest BCUT2D eigenvalue weighted by atomic mass is 19.1. The molecule has 18 heavy (non-hydrogen) atoms. The number of nitrogens with two attached hydrogens (primary N) is 1. The molecule has 0 saturated carbocycles. The van der Waals surface area contributed by atoms with Gasteiger partial charge in [-0.15, -0.1) is 5.10 Å². The Bertz CT molecular complexity index is 527. The monoisotopic (exact) mass is 250 g/mol. The lowest BCUT2D eigenvalue weighted by atomic mass is 10.1. The predicted molar refractivity (Wildman–Crippen MR) is 64.5 cm³/mol. The number of benzene rings is 1. The summed E-state index contributed by atoms with van der Waals surface area (Å²) in [6.45, 7) is 0.695. The van der Waals surface area contributed by atoms with Gasteiger partial charge in [0.05, 0.1) is 6.20 Å². The molecule has 1 aromatic heterocycles. The Hall–Kier alpha value is -1.95. The fourth-order valence-corrected chi connectivity index (χ4v) is 1.60. The van der Waals surface area contributed by atoms with E-state index >= 15 is 0 Å². The maximum Gasteiger partial charge on any atom is 0.165 e. The van der Waals surface area contributed by atoms with Gasteiger partial charge in [-0.05, 0) is 30.7 Å². The fraction of sp³-hybridized carbons (Fsp3) is 0.333. The van der Waals surface area contributed by atoms with E-state index in [0.717, 1.165) is 5.56 Å². The van der Waals surface area contributed by atoms with E-state index in [1.807, 2.05) is 6.07 Å². The average molecular weight is 250 g/mol. The molecule has 0 aliphatic carbocycles. The zero-order valence-corrected chi connectivity index (χ0v) is 10.1. The van der Waals surface area contributed by atoms with E-state index in [9.17, 15) is 4.39 Å². The van der Waals surface area contributed by atoms with Gasteiger partial charge in [0.1, 0.15) is 12.3 Å². The van der Waals surface area contributed by atoms with Crippen LogP contribution >= 0.6 is 0 Å². The van der Waals surface area contributed by atoms with Crippen LogP contribution in [0.5, 0.6) is 5.75 Å². The fourth-order valence-electron chi connectivity index (χ4n) is 1.60. The first kappa shape index (κ1) is 12.5. The Balaban J connectivity index is 2.01. The van der Waals surface area contributed by atoms with Gasteiger partial charge in [-0.25, -0.2) is 4.39 Å². The van der Waals surface area contributed by atoms with Crippen LogP contribution in [0.4, 0.5) is 4.39 Å². The molecule has 0 spiro atoms. The van der Waals surface area contributed by atoms with Crippen LogP contribution in [0.15, 0.2) is 24.4 Å². The van der Waals surface area contributed by atoms with Gasteiger partial charge < -0.3 is 10.5 Å². The number of hydrogen-bond donors (Lipinski definition) is 1. The number of rotatable bonds is 5. The average Bonchev–Trinajstić information content (AvgIpc) is 2.74. The molecule has 0 aliphatic rings. The Morgan fingerprint density at radius 2 is 2.28 bits per heavy atom. The number of aryl methyl sites for hydroxylation is 1. The normalized spacial score (nSPS) is 10.6. The molecule has 0 saturated heterocycles. The molecule has 0 fully saturated rings. The van der Waals surface area contributed by atoms with Crippen LogP contribution in [0, 0.1) is 5.82 Å². The maximum atomic E-state index is 13.7. The summed E-state index contributed by atoms with van der Waals surface area (Å²) >= 11 is 0. The number of halogens is 1. The van der Waals surface area contributed by atoms with E-state index < -0.39 is 0 Å². The first-order valence-corrected chi connectivity index (χ1v) is 5.65. The summed E-state index contributed by atoms with van der Waals surface area (Å²) < 4.78 is 20.6. The van der Waals surface area contributed by atoms with Gasteiger partial charge in [-0.2, -0.15) is 0 Å². The highest BCUT2D eigenvalue weighted by molar-refractivity contribution is 5.29. The summed E-state index contributed by atoms with van der Waals surface area (Å²) in [7, 11) is 1.76. The van der Waals surface area contributed by atoms with E-state index in [2.05, 4.69) is 10.3 Å². The third-order valence-corrected chi connectivity index (χ3v) is 2.45. The molecule has 0 atom stereocenters. The van der Waals surface area contributed by atoms with Crippen molar-refractivity contribution in [2.75, 3.05) is 6.54 Å². The first-order valence-electron chi connectivity index (χ1n) is 5.65. The van der Waals surface area contributed by atoms with Gasteiger partial charge in [0.25, 0.3) is 0 Å². The molecular formula is C12H15FN4O. The van der Waals surface area contributed by atoms with Gasteiger partial charge in [-0.3, -0.25) is 4.68 Å². The van der Waals surface area contributed by atoms with E-state index in [1.54, 1.807) is 24.0 Å². The minimum Gasteiger partial charge on any atom is -0.484 e. The van der Waals surface area contributed by atoms with Crippen LogP contribution in [0.3, 0.4) is 0 Å². The zero-order chi connectivity index (χ0) is 13.0.